The van der Waals surface area contributed by atoms with Crippen molar-refractivity contribution in [3.63, 3.8) is 0 Å². The number of methoxy groups -OCH3 is 1. The van der Waals surface area contributed by atoms with Gasteiger partial charge in [0.1, 0.15) is 5.75 Å². The normalized spacial score (nSPS) is 11.3. The van der Waals surface area contributed by atoms with Gasteiger partial charge in [0.2, 0.25) is 5.91 Å². The van der Waals surface area contributed by atoms with E-state index in [4.69, 9.17) is 4.74 Å². The third-order valence-corrected chi connectivity index (χ3v) is 4.90. The summed E-state index contributed by atoms with van der Waals surface area (Å²) >= 11 is 0. The highest BCUT2D eigenvalue weighted by Gasteiger charge is 2.11. The highest BCUT2D eigenvalue weighted by atomic mass is 16.5. The molecule has 0 fully saturated rings. The Morgan fingerprint density at radius 3 is 2.23 bits per heavy atom. The van der Waals surface area contributed by atoms with E-state index >= 15 is 0 Å². The number of hydrogen-bond acceptors (Lipinski definition) is 4. The molecule has 0 aliphatic carbocycles. The minimum Gasteiger partial charge on any atom is -0.497 e. The van der Waals surface area contributed by atoms with Crippen LogP contribution in [-0.4, -0.2) is 25.5 Å². The quantitative estimate of drug-likeness (QED) is 0.493. The molecule has 160 valence electrons. The molecular formula is C25H27N3O3. The lowest BCUT2D eigenvalue weighted by atomic mass is 10.1. The van der Waals surface area contributed by atoms with E-state index in [1.165, 1.54) is 0 Å². The fourth-order valence-electron chi connectivity index (χ4n) is 3.03. The molecule has 0 spiro atoms. The van der Waals surface area contributed by atoms with E-state index < -0.39 is 0 Å². The average molecular weight is 418 g/mol. The second-order valence-corrected chi connectivity index (χ2v) is 7.16. The Bertz CT molecular complexity index is 987. The third-order valence-electron chi connectivity index (χ3n) is 4.90. The summed E-state index contributed by atoms with van der Waals surface area (Å²) in [6, 6.07) is 24.3. The first-order chi connectivity index (χ1) is 15.0. The molecule has 2 amide bonds. The Labute approximate surface area is 182 Å². The number of nitrogens with one attached hydrogen (secondary N) is 3. The van der Waals surface area contributed by atoms with Gasteiger partial charge in [-0.05, 0) is 54.4 Å². The Morgan fingerprint density at radius 2 is 1.58 bits per heavy atom. The molecule has 0 saturated heterocycles. The molecule has 3 aromatic carbocycles. The number of carbonyl (C=O) groups is 2. The molecule has 0 radical (unpaired) electrons. The molecule has 0 saturated carbocycles. The van der Waals surface area contributed by atoms with Gasteiger partial charge >= 0.3 is 0 Å². The van der Waals surface area contributed by atoms with Crippen LogP contribution in [0.5, 0.6) is 5.75 Å². The standard InChI is InChI=1S/C25H27N3O3/c1-18(20-6-4-3-5-7-20)28-25(30)21-10-12-22(13-11-21)26-17-24(29)27-16-19-8-14-23(31-2)15-9-19/h3-15,18,26H,16-17H2,1-2H3,(H,27,29)(H,28,30). The molecular weight excluding hydrogens is 390 g/mol. The highest BCUT2D eigenvalue weighted by Crippen LogP contribution is 2.14. The number of carbonyl (C=O) groups excluding carboxylic acids is 2. The Hall–Kier alpha value is -3.80. The summed E-state index contributed by atoms with van der Waals surface area (Å²) in [5, 5.41) is 8.93. The molecule has 0 aliphatic rings. The maximum atomic E-state index is 12.5. The van der Waals surface area contributed by atoms with Crippen LogP contribution in [0, 0.1) is 0 Å². The molecule has 0 bridgehead atoms. The molecule has 3 N–H and O–H groups in total. The fraction of sp³-hybridized carbons (Fsp3) is 0.200. The molecule has 31 heavy (non-hydrogen) atoms. The van der Waals surface area contributed by atoms with Gasteiger partial charge in [0.25, 0.3) is 5.91 Å². The molecule has 3 aromatic rings. The Kier molecular flexibility index (Phi) is 7.65. The van der Waals surface area contributed by atoms with Crippen molar-refractivity contribution < 1.29 is 14.3 Å². The van der Waals surface area contributed by atoms with Crippen molar-refractivity contribution in [2.24, 2.45) is 0 Å². The van der Waals surface area contributed by atoms with Crippen LogP contribution in [0.4, 0.5) is 5.69 Å². The van der Waals surface area contributed by atoms with E-state index in [1.807, 2.05) is 61.5 Å². The zero-order chi connectivity index (χ0) is 22.1. The van der Waals surface area contributed by atoms with Crippen molar-refractivity contribution in [2.75, 3.05) is 19.0 Å². The smallest absolute Gasteiger partial charge is 0.251 e. The van der Waals surface area contributed by atoms with Crippen LogP contribution in [0.1, 0.15) is 34.5 Å². The van der Waals surface area contributed by atoms with Crippen LogP contribution in [0.25, 0.3) is 0 Å². The van der Waals surface area contributed by atoms with E-state index in [9.17, 15) is 9.59 Å². The maximum absolute atomic E-state index is 12.5. The molecule has 0 aromatic heterocycles. The van der Waals surface area contributed by atoms with Crippen molar-refractivity contribution in [3.05, 3.63) is 95.6 Å². The monoisotopic (exact) mass is 417 g/mol. The van der Waals surface area contributed by atoms with Gasteiger partial charge in [0, 0.05) is 17.8 Å². The zero-order valence-electron chi connectivity index (χ0n) is 17.7. The maximum Gasteiger partial charge on any atom is 0.251 e. The number of rotatable bonds is 9. The lowest BCUT2D eigenvalue weighted by Gasteiger charge is -2.14. The molecule has 0 aliphatic heterocycles. The van der Waals surface area contributed by atoms with Gasteiger partial charge in [-0.1, -0.05) is 42.5 Å². The van der Waals surface area contributed by atoms with Gasteiger partial charge in [-0.25, -0.2) is 0 Å². The fourth-order valence-corrected chi connectivity index (χ4v) is 3.03. The molecule has 6 heteroatoms. The van der Waals surface area contributed by atoms with Gasteiger partial charge in [0.05, 0.1) is 19.7 Å². The van der Waals surface area contributed by atoms with Crippen LogP contribution < -0.4 is 20.7 Å². The zero-order valence-corrected chi connectivity index (χ0v) is 17.7. The SMILES string of the molecule is COc1ccc(CNC(=O)CNc2ccc(C(=O)NC(C)c3ccccc3)cc2)cc1. The number of amides is 2. The van der Waals surface area contributed by atoms with E-state index in [-0.39, 0.29) is 24.4 Å². The number of ether oxygens (including phenoxy) is 1. The summed E-state index contributed by atoms with van der Waals surface area (Å²) in [6.45, 7) is 2.55. The number of benzene rings is 3. The van der Waals surface area contributed by atoms with E-state index in [2.05, 4.69) is 16.0 Å². The second-order valence-electron chi connectivity index (χ2n) is 7.16. The van der Waals surface area contributed by atoms with Crippen LogP contribution in [0.2, 0.25) is 0 Å². The van der Waals surface area contributed by atoms with Gasteiger partial charge in [-0.3, -0.25) is 9.59 Å². The first-order valence-corrected chi connectivity index (χ1v) is 10.1. The van der Waals surface area contributed by atoms with Crippen LogP contribution in [-0.2, 0) is 11.3 Å². The third kappa shape index (κ3) is 6.60. The van der Waals surface area contributed by atoms with Crippen LogP contribution >= 0.6 is 0 Å². The van der Waals surface area contributed by atoms with Gasteiger partial charge in [0.15, 0.2) is 0 Å². The van der Waals surface area contributed by atoms with Gasteiger partial charge in [-0.2, -0.15) is 0 Å². The van der Waals surface area contributed by atoms with E-state index in [0.717, 1.165) is 22.6 Å². The summed E-state index contributed by atoms with van der Waals surface area (Å²) in [5.41, 5.74) is 3.38. The topological polar surface area (TPSA) is 79.5 Å². The summed E-state index contributed by atoms with van der Waals surface area (Å²) in [6.07, 6.45) is 0. The molecule has 3 rings (SSSR count). The molecule has 1 unspecified atom stereocenters. The average Bonchev–Trinajstić information content (AvgIpc) is 2.82. The number of hydrogen-bond donors (Lipinski definition) is 3. The summed E-state index contributed by atoms with van der Waals surface area (Å²) in [5.74, 6) is 0.526. The summed E-state index contributed by atoms with van der Waals surface area (Å²) in [4.78, 5) is 24.5. The second kappa shape index (κ2) is 10.8. The Morgan fingerprint density at radius 1 is 0.903 bits per heavy atom. The van der Waals surface area contributed by atoms with Crippen molar-refractivity contribution in [2.45, 2.75) is 19.5 Å². The molecule has 0 heterocycles. The number of anilines is 1. The highest BCUT2D eigenvalue weighted by molar-refractivity contribution is 5.94. The first kappa shape index (κ1) is 21.9. The first-order valence-electron chi connectivity index (χ1n) is 10.1. The lowest BCUT2D eigenvalue weighted by Crippen LogP contribution is -2.29. The molecule has 6 nitrogen and oxygen atoms in total. The van der Waals surface area contributed by atoms with E-state index in [0.29, 0.717) is 12.1 Å². The largest absolute Gasteiger partial charge is 0.497 e. The van der Waals surface area contributed by atoms with Crippen LogP contribution in [0.15, 0.2) is 78.9 Å². The predicted molar refractivity (Wildman–Crippen MR) is 122 cm³/mol. The molecule has 1 atom stereocenters. The lowest BCUT2D eigenvalue weighted by molar-refractivity contribution is -0.119. The van der Waals surface area contributed by atoms with Crippen molar-refractivity contribution in [1.29, 1.82) is 0 Å². The van der Waals surface area contributed by atoms with Crippen molar-refractivity contribution in [3.8, 4) is 5.75 Å². The predicted octanol–water partition coefficient (Wildman–Crippen LogP) is 3.91. The van der Waals surface area contributed by atoms with Crippen molar-refractivity contribution in [1.82, 2.24) is 10.6 Å². The summed E-state index contributed by atoms with van der Waals surface area (Å²) in [7, 11) is 1.62. The van der Waals surface area contributed by atoms with Crippen molar-refractivity contribution >= 4 is 17.5 Å². The van der Waals surface area contributed by atoms with Gasteiger partial charge in [-0.15, -0.1) is 0 Å². The van der Waals surface area contributed by atoms with E-state index in [1.54, 1.807) is 31.4 Å². The van der Waals surface area contributed by atoms with Crippen LogP contribution in [0.3, 0.4) is 0 Å². The minimum absolute atomic E-state index is 0.0825. The minimum atomic E-state index is -0.139. The summed E-state index contributed by atoms with van der Waals surface area (Å²) < 4.78 is 5.12. The Balaban J connectivity index is 1.44. The van der Waals surface area contributed by atoms with Gasteiger partial charge < -0.3 is 20.7 Å².